The van der Waals surface area contributed by atoms with Gasteiger partial charge in [-0.1, -0.05) is 0 Å². The smallest absolute Gasteiger partial charge is 0.270 e. The topological polar surface area (TPSA) is 112 Å². The van der Waals surface area contributed by atoms with Crippen LogP contribution in [0.2, 0.25) is 0 Å². The van der Waals surface area contributed by atoms with Crippen molar-refractivity contribution in [3.05, 3.63) is 39.9 Å². The van der Waals surface area contributed by atoms with Gasteiger partial charge in [-0.25, -0.2) is 4.98 Å². The number of hydrogen-bond acceptors (Lipinski definition) is 6. The van der Waals surface area contributed by atoms with Crippen LogP contribution in [0, 0.1) is 21.4 Å². The van der Waals surface area contributed by atoms with Gasteiger partial charge in [0.05, 0.1) is 22.1 Å². The molecule has 7 heteroatoms. The third kappa shape index (κ3) is 3.24. The average Bonchev–Trinajstić information content (AvgIpc) is 2.45. The molecule has 1 aromatic carbocycles. The van der Waals surface area contributed by atoms with Gasteiger partial charge in [0.15, 0.2) is 0 Å². The van der Waals surface area contributed by atoms with Gasteiger partial charge in [0.2, 0.25) is 0 Å². The normalized spacial score (nSPS) is 11.9. The first-order valence-electron chi connectivity index (χ1n) is 6.42. The van der Waals surface area contributed by atoms with Crippen molar-refractivity contribution in [3.63, 3.8) is 0 Å². The van der Waals surface area contributed by atoms with Gasteiger partial charge >= 0.3 is 0 Å². The largest absolute Gasteiger partial charge is 0.396 e. The third-order valence-corrected chi connectivity index (χ3v) is 3.08. The fraction of sp³-hybridized carbons (Fsp3) is 0.286. The van der Waals surface area contributed by atoms with Gasteiger partial charge in [-0.2, -0.15) is 5.26 Å². The van der Waals surface area contributed by atoms with Gasteiger partial charge in [-0.05, 0) is 25.5 Å². The van der Waals surface area contributed by atoms with Crippen molar-refractivity contribution in [1.29, 1.82) is 5.26 Å². The van der Waals surface area contributed by atoms with Crippen LogP contribution < -0.4 is 5.32 Å². The van der Waals surface area contributed by atoms with Crippen LogP contribution in [0.3, 0.4) is 0 Å². The Morgan fingerprint density at radius 2 is 2.29 bits per heavy atom. The summed E-state index contributed by atoms with van der Waals surface area (Å²) in [6.45, 7) is 1.95. The number of aliphatic hydroxyl groups is 1. The molecule has 2 aromatic rings. The number of benzene rings is 1. The van der Waals surface area contributed by atoms with Crippen LogP contribution in [-0.2, 0) is 0 Å². The Labute approximate surface area is 121 Å². The SMILES string of the molecule is C[C@H](CCO)Nc1cc(C#N)c2cc([N+](=O)[O-])ccc2n1. The van der Waals surface area contributed by atoms with Gasteiger partial charge in [-0.15, -0.1) is 0 Å². The molecular weight excluding hydrogens is 272 g/mol. The molecule has 0 unspecified atom stereocenters. The second-order valence-corrected chi connectivity index (χ2v) is 4.68. The Hall–Kier alpha value is -2.72. The Morgan fingerprint density at radius 1 is 1.52 bits per heavy atom. The minimum Gasteiger partial charge on any atom is -0.396 e. The van der Waals surface area contributed by atoms with E-state index in [-0.39, 0.29) is 18.3 Å². The van der Waals surface area contributed by atoms with E-state index in [4.69, 9.17) is 5.11 Å². The molecule has 0 aliphatic heterocycles. The lowest BCUT2D eigenvalue weighted by Crippen LogP contribution is -2.17. The summed E-state index contributed by atoms with van der Waals surface area (Å²) in [5.74, 6) is 0.508. The van der Waals surface area contributed by atoms with Crippen molar-refractivity contribution in [2.75, 3.05) is 11.9 Å². The highest BCUT2D eigenvalue weighted by Gasteiger charge is 2.12. The van der Waals surface area contributed by atoms with Crippen LogP contribution in [0.1, 0.15) is 18.9 Å². The fourth-order valence-electron chi connectivity index (χ4n) is 2.01. The highest BCUT2D eigenvalue weighted by molar-refractivity contribution is 5.88. The molecule has 1 atom stereocenters. The second-order valence-electron chi connectivity index (χ2n) is 4.68. The van der Waals surface area contributed by atoms with E-state index in [1.54, 1.807) is 6.07 Å². The first kappa shape index (κ1) is 14.7. The van der Waals surface area contributed by atoms with E-state index in [0.29, 0.717) is 28.7 Å². The van der Waals surface area contributed by atoms with Crippen molar-refractivity contribution >= 4 is 22.4 Å². The zero-order chi connectivity index (χ0) is 15.4. The number of nitro groups is 1. The van der Waals surface area contributed by atoms with Crippen molar-refractivity contribution < 1.29 is 10.0 Å². The predicted octanol–water partition coefficient (Wildman–Crippen LogP) is 2.20. The average molecular weight is 286 g/mol. The van der Waals surface area contributed by atoms with E-state index in [1.807, 2.05) is 13.0 Å². The monoisotopic (exact) mass is 286 g/mol. The molecule has 0 spiro atoms. The van der Waals surface area contributed by atoms with Crippen molar-refractivity contribution in [2.45, 2.75) is 19.4 Å². The first-order valence-corrected chi connectivity index (χ1v) is 6.42. The molecule has 0 saturated carbocycles. The molecule has 108 valence electrons. The number of nitrogens with zero attached hydrogens (tertiary/aromatic N) is 3. The van der Waals surface area contributed by atoms with Crippen LogP contribution in [0.25, 0.3) is 10.9 Å². The molecule has 0 aliphatic rings. The van der Waals surface area contributed by atoms with Gasteiger partial charge in [0, 0.05) is 30.2 Å². The molecule has 2 rings (SSSR count). The van der Waals surface area contributed by atoms with Crippen molar-refractivity contribution in [3.8, 4) is 6.07 Å². The summed E-state index contributed by atoms with van der Waals surface area (Å²) in [7, 11) is 0. The Morgan fingerprint density at radius 3 is 2.90 bits per heavy atom. The molecule has 2 N–H and O–H groups in total. The Balaban J connectivity index is 2.47. The standard InChI is InChI=1S/C14H14N4O3/c1-9(4-5-19)16-14-6-10(8-15)12-7-11(18(20)21)2-3-13(12)17-14/h2-3,6-7,9,19H,4-5H2,1H3,(H,16,17)/t9-/m1/s1. The zero-order valence-corrected chi connectivity index (χ0v) is 11.4. The summed E-state index contributed by atoms with van der Waals surface area (Å²) in [5.41, 5.74) is 0.760. The number of pyridine rings is 1. The maximum Gasteiger partial charge on any atom is 0.270 e. The molecule has 0 saturated heterocycles. The first-order chi connectivity index (χ1) is 10.0. The number of anilines is 1. The lowest BCUT2D eigenvalue weighted by Gasteiger charge is -2.14. The van der Waals surface area contributed by atoms with Crippen LogP contribution in [0.15, 0.2) is 24.3 Å². The molecule has 21 heavy (non-hydrogen) atoms. The molecular formula is C14H14N4O3. The van der Waals surface area contributed by atoms with E-state index >= 15 is 0 Å². The Bertz CT molecular complexity index is 724. The summed E-state index contributed by atoms with van der Waals surface area (Å²) in [6.07, 6.45) is 0.557. The molecule has 1 aromatic heterocycles. The maximum atomic E-state index is 10.8. The van der Waals surface area contributed by atoms with E-state index in [9.17, 15) is 15.4 Å². The number of rotatable bonds is 5. The zero-order valence-electron chi connectivity index (χ0n) is 11.4. The summed E-state index contributed by atoms with van der Waals surface area (Å²) in [6, 6.07) is 7.82. The van der Waals surface area contributed by atoms with Crippen LogP contribution in [0.4, 0.5) is 11.5 Å². The minimum atomic E-state index is -0.504. The summed E-state index contributed by atoms with van der Waals surface area (Å²) in [4.78, 5) is 14.6. The Kier molecular flexibility index (Phi) is 4.30. The number of fused-ring (bicyclic) bond motifs is 1. The minimum absolute atomic E-state index is 0.00420. The van der Waals surface area contributed by atoms with Crippen LogP contribution >= 0.6 is 0 Å². The molecule has 0 radical (unpaired) electrons. The van der Waals surface area contributed by atoms with Crippen LogP contribution in [-0.4, -0.2) is 27.7 Å². The van der Waals surface area contributed by atoms with Gasteiger partial charge in [0.25, 0.3) is 5.69 Å². The van der Waals surface area contributed by atoms with Crippen LogP contribution in [0.5, 0.6) is 0 Å². The maximum absolute atomic E-state index is 10.8. The quantitative estimate of drug-likeness (QED) is 0.643. The molecule has 0 aliphatic carbocycles. The molecule has 7 nitrogen and oxygen atoms in total. The number of nitrogens with one attached hydrogen (secondary N) is 1. The highest BCUT2D eigenvalue weighted by Crippen LogP contribution is 2.25. The van der Waals surface area contributed by atoms with E-state index in [0.717, 1.165) is 0 Å². The number of nitro benzene ring substituents is 1. The summed E-state index contributed by atoms with van der Waals surface area (Å²) >= 11 is 0. The number of non-ortho nitro benzene ring substituents is 1. The molecule has 0 fully saturated rings. The number of hydrogen-bond donors (Lipinski definition) is 2. The molecule has 1 heterocycles. The van der Waals surface area contributed by atoms with E-state index < -0.39 is 4.92 Å². The lowest BCUT2D eigenvalue weighted by molar-refractivity contribution is -0.384. The summed E-state index contributed by atoms with van der Waals surface area (Å²) < 4.78 is 0. The van der Waals surface area contributed by atoms with Crippen molar-refractivity contribution in [2.24, 2.45) is 0 Å². The van der Waals surface area contributed by atoms with Gasteiger partial charge in [0.1, 0.15) is 5.82 Å². The van der Waals surface area contributed by atoms with E-state index in [1.165, 1.54) is 18.2 Å². The number of aliphatic hydroxyl groups excluding tert-OH is 1. The fourth-order valence-corrected chi connectivity index (χ4v) is 2.01. The lowest BCUT2D eigenvalue weighted by atomic mass is 10.1. The number of aromatic nitrogens is 1. The van der Waals surface area contributed by atoms with Gasteiger partial charge in [-0.3, -0.25) is 10.1 Å². The van der Waals surface area contributed by atoms with Crippen molar-refractivity contribution in [1.82, 2.24) is 4.98 Å². The second kappa shape index (κ2) is 6.15. The highest BCUT2D eigenvalue weighted by atomic mass is 16.6. The van der Waals surface area contributed by atoms with Gasteiger partial charge < -0.3 is 10.4 Å². The molecule has 0 bridgehead atoms. The molecule has 0 amide bonds. The predicted molar refractivity (Wildman–Crippen MR) is 77.9 cm³/mol. The number of nitriles is 1. The third-order valence-electron chi connectivity index (χ3n) is 3.08. The summed E-state index contributed by atoms with van der Waals surface area (Å²) in [5, 5.41) is 32.4. The van der Waals surface area contributed by atoms with E-state index in [2.05, 4.69) is 10.3 Å².